The third kappa shape index (κ3) is 4.09. The summed E-state index contributed by atoms with van der Waals surface area (Å²) in [4.78, 5) is 27.9. The largest absolute Gasteiger partial charge is 0.352 e. The van der Waals surface area contributed by atoms with E-state index >= 15 is 0 Å². The molecular formula is C21H25N5OS. The second kappa shape index (κ2) is 8.56. The fraction of sp³-hybridized carbons (Fsp3) is 0.381. The fourth-order valence-electron chi connectivity index (χ4n) is 3.51. The molecular weight excluding hydrogens is 370 g/mol. The zero-order chi connectivity index (χ0) is 19.3. The molecule has 2 aromatic heterocycles. The number of thiophene rings is 1. The van der Waals surface area contributed by atoms with Gasteiger partial charge in [-0.1, -0.05) is 37.3 Å². The molecule has 1 aliphatic heterocycles. The number of fused-ring (bicyclic) bond motifs is 1. The van der Waals surface area contributed by atoms with Crippen LogP contribution in [-0.2, 0) is 12.8 Å². The van der Waals surface area contributed by atoms with E-state index in [1.807, 2.05) is 23.1 Å². The SMILES string of the molecule is CCc1cc2c(N3CCN(C(=O)NCCc4ccccc4)CC3)ncnc2s1. The molecule has 6 nitrogen and oxygen atoms in total. The molecule has 146 valence electrons. The molecule has 0 radical (unpaired) electrons. The van der Waals surface area contributed by atoms with Gasteiger partial charge in [0.15, 0.2) is 0 Å². The maximum absolute atomic E-state index is 12.5. The lowest BCUT2D eigenvalue weighted by Crippen LogP contribution is -2.52. The number of carbonyl (C=O) groups is 1. The molecule has 0 atom stereocenters. The second-order valence-corrected chi connectivity index (χ2v) is 8.04. The Kier molecular flexibility index (Phi) is 5.71. The lowest BCUT2D eigenvalue weighted by molar-refractivity contribution is 0.194. The number of benzene rings is 1. The number of piperazine rings is 1. The van der Waals surface area contributed by atoms with Crippen LogP contribution in [0.25, 0.3) is 10.2 Å². The predicted molar refractivity (Wildman–Crippen MR) is 114 cm³/mol. The third-order valence-electron chi connectivity index (χ3n) is 5.11. The Morgan fingerprint density at radius 2 is 1.93 bits per heavy atom. The zero-order valence-electron chi connectivity index (χ0n) is 16.1. The van der Waals surface area contributed by atoms with Gasteiger partial charge in [0, 0.05) is 37.6 Å². The van der Waals surface area contributed by atoms with Crippen LogP contribution in [0, 0.1) is 0 Å². The zero-order valence-corrected chi connectivity index (χ0v) is 16.9. The average molecular weight is 396 g/mol. The van der Waals surface area contributed by atoms with E-state index in [0.717, 1.165) is 42.0 Å². The van der Waals surface area contributed by atoms with E-state index in [1.54, 1.807) is 17.7 Å². The molecule has 2 amide bonds. The first-order valence-electron chi connectivity index (χ1n) is 9.79. The van der Waals surface area contributed by atoms with Gasteiger partial charge in [0.05, 0.1) is 5.39 Å². The number of hydrogen-bond acceptors (Lipinski definition) is 5. The summed E-state index contributed by atoms with van der Waals surface area (Å²) in [7, 11) is 0. The van der Waals surface area contributed by atoms with Gasteiger partial charge in [0.1, 0.15) is 17.0 Å². The van der Waals surface area contributed by atoms with E-state index in [4.69, 9.17) is 0 Å². The molecule has 7 heteroatoms. The number of nitrogens with one attached hydrogen (secondary N) is 1. The smallest absolute Gasteiger partial charge is 0.317 e. The van der Waals surface area contributed by atoms with Crippen LogP contribution < -0.4 is 10.2 Å². The van der Waals surface area contributed by atoms with Gasteiger partial charge in [0.25, 0.3) is 0 Å². The average Bonchev–Trinajstić information content (AvgIpc) is 3.18. The van der Waals surface area contributed by atoms with Gasteiger partial charge in [-0.2, -0.15) is 0 Å². The summed E-state index contributed by atoms with van der Waals surface area (Å²) in [6.07, 6.45) is 3.51. The standard InChI is InChI=1S/C21H25N5OS/c1-2-17-14-18-19(23-15-24-20(18)28-17)25-10-12-26(13-11-25)21(27)22-9-8-16-6-4-3-5-7-16/h3-7,14-15H,2,8-13H2,1H3,(H,22,27). The summed E-state index contributed by atoms with van der Waals surface area (Å²) in [5.74, 6) is 0.991. The molecule has 3 aromatic rings. The van der Waals surface area contributed by atoms with Crippen LogP contribution >= 0.6 is 11.3 Å². The first-order chi connectivity index (χ1) is 13.7. The molecule has 0 bridgehead atoms. The van der Waals surface area contributed by atoms with E-state index in [9.17, 15) is 4.79 Å². The van der Waals surface area contributed by atoms with Gasteiger partial charge in [-0.25, -0.2) is 14.8 Å². The van der Waals surface area contributed by atoms with Gasteiger partial charge in [0.2, 0.25) is 0 Å². The van der Waals surface area contributed by atoms with Crippen LogP contribution in [0.3, 0.4) is 0 Å². The van der Waals surface area contributed by atoms with Crippen molar-refractivity contribution in [2.45, 2.75) is 19.8 Å². The maximum atomic E-state index is 12.5. The van der Waals surface area contributed by atoms with Crippen molar-refractivity contribution in [2.75, 3.05) is 37.6 Å². The van der Waals surface area contributed by atoms with Gasteiger partial charge in [-0.05, 0) is 24.5 Å². The summed E-state index contributed by atoms with van der Waals surface area (Å²) < 4.78 is 0. The Balaban J connectivity index is 1.32. The Morgan fingerprint density at radius 1 is 1.14 bits per heavy atom. The second-order valence-electron chi connectivity index (χ2n) is 6.92. The van der Waals surface area contributed by atoms with Crippen LogP contribution in [0.1, 0.15) is 17.4 Å². The highest BCUT2D eigenvalue weighted by molar-refractivity contribution is 7.18. The van der Waals surface area contributed by atoms with Crippen molar-refractivity contribution in [1.82, 2.24) is 20.2 Å². The number of anilines is 1. The van der Waals surface area contributed by atoms with Crippen LogP contribution in [0.4, 0.5) is 10.6 Å². The minimum Gasteiger partial charge on any atom is -0.352 e. The molecule has 1 N–H and O–H groups in total. The Morgan fingerprint density at radius 3 is 2.68 bits per heavy atom. The number of rotatable bonds is 5. The minimum absolute atomic E-state index is 0.0206. The molecule has 1 fully saturated rings. The highest BCUT2D eigenvalue weighted by Crippen LogP contribution is 2.30. The molecule has 0 saturated carbocycles. The van der Waals surface area contributed by atoms with Crippen molar-refractivity contribution in [3.8, 4) is 0 Å². The highest BCUT2D eigenvalue weighted by atomic mass is 32.1. The summed E-state index contributed by atoms with van der Waals surface area (Å²) in [5.41, 5.74) is 1.24. The van der Waals surface area contributed by atoms with Crippen molar-refractivity contribution in [3.63, 3.8) is 0 Å². The fourth-order valence-corrected chi connectivity index (χ4v) is 4.44. The van der Waals surface area contributed by atoms with Crippen LogP contribution in [0.5, 0.6) is 0 Å². The van der Waals surface area contributed by atoms with Gasteiger partial charge in [-0.3, -0.25) is 0 Å². The van der Waals surface area contributed by atoms with Crippen molar-refractivity contribution >= 4 is 33.4 Å². The predicted octanol–water partition coefficient (Wildman–Crippen LogP) is 3.33. The van der Waals surface area contributed by atoms with Crippen LogP contribution in [0.2, 0.25) is 0 Å². The minimum atomic E-state index is 0.0206. The van der Waals surface area contributed by atoms with Crippen LogP contribution in [0.15, 0.2) is 42.7 Å². The lowest BCUT2D eigenvalue weighted by Gasteiger charge is -2.35. The van der Waals surface area contributed by atoms with Crippen molar-refractivity contribution in [2.24, 2.45) is 0 Å². The van der Waals surface area contributed by atoms with Gasteiger partial charge >= 0.3 is 6.03 Å². The number of carbonyl (C=O) groups excluding carboxylic acids is 1. The highest BCUT2D eigenvalue weighted by Gasteiger charge is 2.23. The van der Waals surface area contributed by atoms with Crippen molar-refractivity contribution in [1.29, 1.82) is 0 Å². The van der Waals surface area contributed by atoms with Crippen LogP contribution in [-0.4, -0.2) is 53.6 Å². The number of aromatic nitrogens is 2. The Hall–Kier alpha value is -2.67. The first-order valence-corrected chi connectivity index (χ1v) is 10.6. The summed E-state index contributed by atoms with van der Waals surface area (Å²) in [5, 5.41) is 4.17. The quantitative estimate of drug-likeness (QED) is 0.720. The third-order valence-corrected chi connectivity index (χ3v) is 6.29. The van der Waals surface area contributed by atoms with E-state index in [2.05, 4.69) is 45.3 Å². The maximum Gasteiger partial charge on any atom is 0.317 e. The summed E-state index contributed by atoms with van der Waals surface area (Å²) in [6.45, 7) is 5.79. The van der Waals surface area contributed by atoms with Gasteiger partial charge in [-0.15, -0.1) is 11.3 Å². The molecule has 0 aliphatic carbocycles. The summed E-state index contributed by atoms with van der Waals surface area (Å²) >= 11 is 1.74. The molecule has 3 heterocycles. The van der Waals surface area contributed by atoms with E-state index in [1.165, 1.54) is 10.4 Å². The topological polar surface area (TPSA) is 61.4 Å². The lowest BCUT2D eigenvalue weighted by atomic mass is 10.1. The Labute approximate surface area is 169 Å². The van der Waals surface area contributed by atoms with Crippen molar-refractivity contribution in [3.05, 3.63) is 53.2 Å². The molecule has 0 unspecified atom stereocenters. The molecule has 0 spiro atoms. The number of hydrogen-bond donors (Lipinski definition) is 1. The molecule has 28 heavy (non-hydrogen) atoms. The van der Waals surface area contributed by atoms with Crippen molar-refractivity contribution < 1.29 is 4.79 Å². The first kappa shape index (κ1) is 18.7. The van der Waals surface area contributed by atoms with E-state index in [-0.39, 0.29) is 6.03 Å². The van der Waals surface area contributed by atoms with Gasteiger partial charge < -0.3 is 15.1 Å². The van der Waals surface area contributed by atoms with E-state index in [0.29, 0.717) is 19.6 Å². The molecule has 1 aromatic carbocycles. The molecule has 1 aliphatic rings. The molecule has 4 rings (SSSR count). The number of urea groups is 1. The summed E-state index contributed by atoms with van der Waals surface area (Å²) in [6, 6.07) is 12.5. The van der Waals surface area contributed by atoms with E-state index < -0.39 is 0 Å². The Bertz CT molecular complexity index is 934. The number of amides is 2. The normalized spacial score (nSPS) is 14.5. The number of aryl methyl sites for hydroxylation is 1. The number of nitrogens with zero attached hydrogens (tertiary/aromatic N) is 4. The monoisotopic (exact) mass is 395 g/mol. The molecule has 1 saturated heterocycles.